The summed E-state index contributed by atoms with van der Waals surface area (Å²) >= 11 is 0. The molecule has 428 valence electrons. The van der Waals surface area contributed by atoms with E-state index in [9.17, 15) is 61.0 Å². The number of ether oxygens (including phenoxy) is 6. The number of aliphatic hydroxyl groups excluding tert-OH is 11. The summed E-state index contributed by atoms with van der Waals surface area (Å²) in [4.78, 5) is 13.2. The van der Waals surface area contributed by atoms with Gasteiger partial charge in [-0.2, -0.15) is 0 Å². The Kier molecular flexibility index (Phi) is 34.8. The van der Waals surface area contributed by atoms with Crippen molar-refractivity contribution in [3.05, 3.63) is 24.3 Å². The molecule has 1 amide bonds. The van der Waals surface area contributed by atoms with E-state index in [2.05, 4.69) is 31.3 Å². The SMILES string of the molecule is CCCCCCCCCCCC/C=C/CC/C=C/C(O)C(COC1OC(CO)C(OC2OC(CO)C(OC3OC(CO)C(O)C(O)C3O)C(O)C2O)C(O)C1O)NC(=O)CCCCCCCCCCCCCC. The average Bonchev–Trinajstić information content (AvgIpc) is 3.39. The number of carbonyl (C=O) groups excluding carboxylic acids is 1. The molecule has 0 saturated carbocycles. The van der Waals surface area contributed by atoms with Crippen LogP contribution in [-0.2, 0) is 33.2 Å². The molecule has 3 aliphatic heterocycles. The number of rotatable bonds is 40. The van der Waals surface area contributed by atoms with Gasteiger partial charge in [0.25, 0.3) is 0 Å². The lowest BCUT2D eigenvalue weighted by Gasteiger charge is -2.48. The third-order valence-electron chi connectivity index (χ3n) is 14.3. The first-order valence-electron chi connectivity index (χ1n) is 28.1. The summed E-state index contributed by atoms with van der Waals surface area (Å²) in [7, 11) is 0. The van der Waals surface area contributed by atoms with Crippen molar-refractivity contribution < 1.29 is 89.4 Å². The van der Waals surface area contributed by atoms with Crippen LogP contribution in [0, 0.1) is 0 Å². The molecule has 3 aliphatic rings. The fourth-order valence-electron chi connectivity index (χ4n) is 9.56. The van der Waals surface area contributed by atoms with Crippen molar-refractivity contribution >= 4 is 5.91 Å². The second kappa shape index (κ2) is 38.8. The molecule has 0 spiro atoms. The summed E-state index contributed by atoms with van der Waals surface area (Å²) in [6.45, 7) is 1.67. The molecule has 19 nitrogen and oxygen atoms in total. The van der Waals surface area contributed by atoms with E-state index >= 15 is 0 Å². The van der Waals surface area contributed by atoms with Gasteiger partial charge in [0, 0.05) is 6.42 Å². The van der Waals surface area contributed by atoms with E-state index in [4.69, 9.17) is 28.4 Å². The molecule has 3 fully saturated rings. The van der Waals surface area contributed by atoms with Crippen molar-refractivity contribution in [3.8, 4) is 0 Å². The zero-order valence-corrected chi connectivity index (χ0v) is 44.1. The number of nitrogens with one attached hydrogen (secondary N) is 1. The highest BCUT2D eigenvalue weighted by atomic mass is 16.8. The predicted molar refractivity (Wildman–Crippen MR) is 273 cm³/mol. The van der Waals surface area contributed by atoms with Gasteiger partial charge in [0.15, 0.2) is 18.9 Å². The molecule has 3 heterocycles. The molecule has 0 radical (unpaired) electrons. The van der Waals surface area contributed by atoms with E-state index in [1.807, 2.05) is 6.08 Å². The molecule has 0 bridgehead atoms. The summed E-state index contributed by atoms with van der Waals surface area (Å²) in [6.07, 6.45) is 10.3. The molecule has 73 heavy (non-hydrogen) atoms. The van der Waals surface area contributed by atoms with Crippen molar-refractivity contribution in [1.29, 1.82) is 0 Å². The van der Waals surface area contributed by atoms with Crippen molar-refractivity contribution in [2.75, 3.05) is 26.4 Å². The molecule has 0 aliphatic carbocycles. The highest BCUT2D eigenvalue weighted by Crippen LogP contribution is 2.33. The summed E-state index contributed by atoms with van der Waals surface area (Å²) in [5, 5.41) is 120. The highest BCUT2D eigenvalue weighted by molar-refractivity contribution is 5.76. The zero-order valence-electron chi connectivity index (χ0n) is 44.1. The summed E-state index contributed by atoms with van der Waals surface area (Å²) in [6, 6.07) is -0.983. The lowest BCUT2D eigenvalue weighted by Crippen LogP contribution is -2.66. The standard InChI is InChI=1S/C54H99NO18/c1-3-5-7-9-11-13-15-17-18-19-20-21-23-25-27-29-31-38(59)37(55-42(60)32-30-28-26-24-22-16-14-12-10-8-6-4-2)36-68-52-48(66)45(63)50(40(34-57)70-52)73-54-49(67)46(64)51(41(35-58)71-54)72-53-47(65)44(62)43(61)39(33-56)69-53/h21,23,29,31,37-41,43-54,56-59,61-67H,3-20,22,24-28,30,32-36H2,1-2H3,(H,55,60)/b23-21+,31-29+. The minimum Gasteiger partial charge on any atom is -0.394 e. The molecule has 0 aromatic carbocycles. The Morgan fingerprint density at radius 3 is 1.37 bits per heavy atom. The number of amides is 1. The van der Waals surface area contributed by atoms with Gasteiger partial charge in [0.1, 0.15) is 73.2 Å². The van der Waals surface area contributed by atoms with E-state index in [0.29, 0.717) is 12.8 Å². The van der Waals surface area contributed by atoms with Gasteiger partial charge in [0.05, 0.1) is 38.6 Å². The van der Waals surface area contributed by atoms with Crippen LogP contribution in [0.25, 0.3) is 0 Å². The molecule has 0 aromatic heterocycles. The third kappa shape index (κ3) is 23.8. The van der Waals surface area contributed by atoms with Gasteiger partial charge in [0.2, 0.25) is 5.91 Å². The van der Waals surface area contributed by atoms with Gasteiger partial charge in [-0.05, 0) is 32.1 Å². The van der Waals surface area contributed by atoms with Crippen LogP contribution in [0.3, 0.4) is 0 Å². The monoisotopic (exact) mass is 1050 g/mol. The number of hydrogen-bond acceptors (Lipinski definition) is 18. The number of unbranched alkanes of at least 4 members (excludes halogenated alkanes) is 22. The van der Waals surface area contributed by atoms with Crippen molar-refractivity contribution in [3.63, 3.8) is 0 Å². The maximum absolute atomic E-state index is 13.2. The minimum atomic E-state index is -1.98. The smallest absolute Gasteiger partial charge is 0.220 e. The fraction of sp³-hybridized carbons (Fsp3) is 0.907. The molecule has 3 saturated heterocycles. The largest absolute Gasteiger partial charge is 0.394 e. The third-order valence-corrected chi connectivity index (χ3v) is 14.3. The van der Waals surface area contributed by atoms with E-state index in [-0.39, 0.29) is 18.9 Å². The molecule has 19 heteroatoms. The van der Waals surface area contributed by atoms with E-state index in [0.717, 1.165) is 38.5 Å². The second-order valence-electron chi connectivity index (χ2n) is 20.4. The number of aliphatic hydroxyl groups is 11. The molecule has 12 N–H and O–H groups in total. The van der Waals surface area contributed by atoms with Crippen LogP contribution in [0.15, 0.2) is 24.3 Å². The molecule has 17 unspecified atom stereocenters. The summed E-state index contributed by atoms with van der Waals surface area (Å²) in [5.74, 6) is -0.287. The van der Waals surface area contributed by atoms with Crippen LogP contribution < -0.4 is 5.32 Å². The Labute approximate surface area is 435 Å². The Morgan fingerprint density at radius 2 is 0.877 bits per heavy atom. The minimum absolute atomic E-state index is 0.239. The van der Waals surface area contributed by atoms with E-state index < -0.39 is 124 Å². The molecule has 17 atom stereocenters. The van der Waals surface area contributed by atoms with E-state index in [1.54, 1.807) is 6.08 Å². The molecular weight excluding hydrogens is 951 g/mol. The lowest BCUT2D eigenvalue weighted by atomic mass is 9.96. The van der Waals surface area contributed by atoms with Gasteiger partial charge in [-0.15, -0.1) is 0 Å². The maximum Gasteiger partial charge on any atom is 0.220 e. The Bertz CT molecular complexity index is 1440. The molecular formula is C54H99NO18. The first-order valence-corrected chi connectivity index (χ1v) is 28.1. The van der Waals surface area contributed by atoms with Crippen LogP contribution in [0.1, 0.15) is 181 Å². The van der Waals surface area contributed by atoms with Gasteiger partial charge >= 0.3 is 0 Å². The fourth-order valence-corrected chi connectivity index (χ4v) is 9.56. The van der Waals surface area contributed by atoms with Gasteiger partial charge in [-0.1, -0.05) is 167 Å². The summed E-state index contributed by atoms with van der Waals surface area (Å²) in [5.41, 5.74) is 0. The first-order chi connectivity index (χ1) is 35.3. The quantitative estimate of drug-likeness (QED) is 0.0308. The first kappa shape index (κ1) is 65.6. The van der Waals surface area contributed by atoms with Gasteiger partial charge < -0.3 is 89.9 Å². The number of hydrogen-bond donors (Lipinski definition) is 12. The topological polar surface area (TPSA) is 307 Å². The number of allylic oxidation sites excluding steroid dienone is 3. The Hall–Kier alpha value is -1.73. The molecule has 0 aromatic rings. The van der Waals surface area contributed by atoms with Crippen LogP contribution in [0.2, 0.25) is 0 Å². The number of carbonyl (C=O) groups is 1. The normalized spacial score (nSPS) is 31.9. The maximum atomic E-state index is 13.2. The average molecular weight is 1050 g/mol. The molecule has 3 rings (SSSR count). The summed E-state index contributed by atoms with van der Waals surface area (Å²) < 4.78 is 34.1. The van der Waals surface area contributed by atoms with Gasteiger partial charge in [-0.25, -0.2) is 0 Å². The highest BCUT2D eigenvalue weighted by Gasteiger charge is 2.53. The predicted octanol–water partition coefficient (Wildman–Crippen LogP) is 3.59. The van der Waals surface area contributed by atoms with E-state index in [1.165, 1.54) is 109 Å². The zero-order chi connectivity index (χ0) is 53.4. The Balaban J connectivity index is 1.55. The Morgan fingerprint density at radius 1 is 0.479 bits per heavy atom. The van der Waals surface area contributed by atoms with Crippen molar-refractivity contribution in [2.24, 2.45) is 0 Å². The van der Waals surface area contributed by atoms with Crippen LogP contribution >= 0.6 is 0 Å². The second-order valence-corrected chi connectivity index (χ2v) is 20.4. The van der Waals surface area contributed by atoms with Crippen LogP contribution in [0.5, 0.6) is 0 Å². The van der Waals surface area contributed by atoms with Crippen molar-refractivity contribution in [2.45, 2.75) is 285 Å². The van der Waals surface area contributed by atoms with Crippen LogP contribution in [-0.4, -0.2) is 193 Å². The lowest BCUT2D eigenvalue weighted by molar-refractivity contribution is -0.379. The van der Waals surface area contributed by atoms with Crippen LogP contribution in [0.4, 0.5) is 0 Å². The van der Waals surface area contributed by atoms with Crippen molar-refractivity contribution in [1.82, 2.24) is 5.32 Å². The van der Waals surface area contributed by atoms with Gasteiger partial charge in [-0.3, -0.25) is 4.79 Å².